The van der Waals surface area contributed by atoms with Gasteiger partial charge in [-0.05, 0) is 56.6 Å². The van der Waals surface area contributed by atoms with Gasteiger partial charge in [-0.3, -0.25) is 4.79 Å². The molecule has 0 atom stereocenters. The highest BCUT2D eigenvalue weighted by Crippen LogP contribution is 2.35. The first-order valence-electron chi connectivity index (χ1n) is 11.5. The molecule has 3 aromatic rings. The fourth-order valence-corrected chi connectivity index (χ4v) is 3.93. The van der Waals surface area contributed by atoms with Crippen LogP contribution < -0.4 is 15.5 Å². The molecule has 1 aromatic carbocycles. The Morgan fingerprint density at radius 2 is 1.67 bits per heavy atom. The lowest BCUT2D eigenvalue weighted by Gasteiger charge is -2.35. The Labute approximate surface area is 194 Å². The molecule has 1 saturated carbocycles. The van der Waals surface area contributed by atoms with Gasteiger partial charge in [-0.25, -0.2) is 15.0 Å². The molecule has 0 spiro atoms. The molecule has 2 N–H and O–H groups in total. The SMILES string of the molecule is Cc1ncc(C(=O)Nc2ccc(-c3ccc(NC4CC4)c(N4CCN(C)CC4)c3)cn2)cn1. The highest BCUT2D eigenvalue weighted by molar-refractivity contribution is 6.03. The summed E-state index contributed by atoms with van der Waals surface area (Å²) in [6.45, 7) is 5.95. The predicted octanol–water partition coefficient (Wildman–Crippen LogP) is 3.43. The van der Waals surface area contributed by atoms with E-state index in [4.69, 9.17) is 0 Å². The molecule has 1 saturated heterocycles. The summed E-state index contributed by atoms with van der Waals surface area (Å²) in [6, 6.07) is 11.0. The van der Waals surface area contributed by atoms with E-state index >= 15 is 0 Å². The molecule has 0 radical (unpaired) electrons. The van der Waals surface area contributed by atoms with E-state index in [2.05, 4.69) is 60.6 Å². The summed E-state index contributed by atoms with van der Waals surface area (Å²) in [7, 11) is 2.18. The summed E-state index contributed by atoms with van der Waals surface area (Å²) in [5.41, 5.74) is 5.00. The molecule has 0 unspecified atom stereocenters. The van der Waals surface area contributed by atoms with Crippen LogP contribution in [-0.4, -0.2) is 65.0 Å². The Hall–Kier alpha value is -3.52. The van der Waals surface area contributed by atoms with Gasteiger partial charge in [-0.1, -0.05) is 6.07 Å². The first-order valence-corrected chi connectivity index (χ1v) is 11.5. The summed E-state index contributed by atoms with van der Waals surface area (Å²) in [4.78, 5) is 29.9. The summed E-state index contributed by atoms with van der Waals surface area (Å²) in [5.74, 6) is 0.849. The zero-order valence-corrected chi connectivity index (χ0v) is 19.1. The zero-order chi connectivity index (χ0) is 22.8. The van der Waals surface area contributed by atoms with Crippen molar-refractivity contribution in [2.45, 2.75) is 25.8 Å². The van der Waals surface area contributed by atoms with Gasteiger partial charge in [-0.15, -0.1) is 0 Å². The minimum Gasteiger partial charge on any atom is -0.381 e. The third-order valence-electron chi connectivity index (χ3n) is 6.16. The second-order valence-electron chi connectivity index (χ2n) is 8.85. The normalized spacial score (nSPS) is 16.5. The second-order valence-corrected chi connectivity index (χ2v) is 8.85. The van der Waals surface area contributed by atoms with Gasteiger partial charge in [-0.2, -0.15) is 0 Å². The van der Waals surface area contributed by atoms with Gasteiger partial charge in [0.05, 0.1) is 16.9 Å². The van der Waals surface area contributed by atoms with Crippen LogP contribution in [0.15, 0.2) is 48.9 Å². The lowest BCUT2D eigenvalue weighted by Crippen LogP contribution is -2.44. The number of carbonyl (C=O) groups excluding carboxylic acids is 1. The second kappa shape index (κ2) is 9.15. The summed E-state index contributed by atoms with van der Waals surface area (Å²) < 4.78 is 0. The van der Waals surface area contributed by atoms with Gasteiger partial charge in [0, 0.05) is 56.4 Å². The van der Waals surface area contributed by atoms with E-state index in [1.165, 1.54) is 36.6 Å². The molecular formula is C25H29N7O. The maximum atomic E-state index is 12.4. The number of nitrogens with one attached hydrogen (secondary N) is 2. The Balaban J connectivity index is 1.34. The van der Waals surface area contributed by atoms with Crippen LogP contribution in [0.2, 0.25) is 0 Å². The van der Waals surface area contributed by atoms with Gasteiger partial charge in [0.25, 0.3) is 5.91 Å². The van der Waals surface area contributed by atoms with Crippen molar-refractivity contribution in [1.82, 2.24) is 19.9 Å². The predicted molar refractivity (Wildman–Crippen MR) is 131 cm³/mol. The van der Waals surface area contributed by atoms with Crippen molar-refractivity contribution in [2.75, 3.05) is 48.8 Å². The minimum absolute atomic E-state index is 0.275. The Kier molecular flexibility index (Phi) is 5.92. The van der Waals surface area contributed by atoms with Crippen molar-refractivity contribution >= 4 is 23.1 Å². The van der Waals surface area contributed by atoms with Crippen molar-refractivity contribution in [3.63, 3.8) is 0 Å². The fraction of sp³-hybridized carbons (Fsp3) is 0.360. The van der Waals surface area contributed by atoms with Gasteiger partial charge >= 0.3 is 0 Å². The van der Waals surface area contributed by atoms with Crippen LogP contribution in [0.3, 0.4) is 0 Å². The number of carbonyl (C=O) groups is 1. The molecule has 2 aromatic heterocycles. The van der Waals surface area contributed by atoms with E-state index in [0.29, 0.717) is 23.2 Å². The van der Waals surface area contributed by atoms with Crippen molar-refractivity contribution in [3.05, 3.63) is 60.3 Å². The van der Waals surface area contributed by atoms with Crippen molar-refractivity contribution < 1.29 is 4.79 Å². The summed E-state index contributed by atoms with van der Waals surface area (Å²) in [5, 5.41) is 6.50. The third kappa shape index (κ3) is 5.12. The largest absolute Gasteiger partial charge is 0.381 e. The maximum absolute atomic E-state index is 12.4. The standard InChI is InChI=1S/C25H29N7O/c1-17-26-15-20(16-27-17)25(33)30-24-8-4-19(14-28-24)18-3-7-22(29-21-5-6-21)23(13-18)32-11-9-31(2)10-12-32/h3-4,7-8,13-16,21,29H,5-6,9-12H2,1-2H3,(H,28,30,33). The van der Waals surface area contributed by atoms with Crippen molar-refractivity contribution in [1.29, 1.82) is 0 Å². The number of aromatic nitrogens is 3. The van der Waals surface area contributed by atoms with E-state index in [1.807, 2.05) is 12.1 Å². The minimum atomic E-state index is -0.275. The van der Waals surface area contributed by atoms with Crippen LogP contribution in [0, 0.1) is 6.92 Å². The number of anilines is 3. The number of piperazine rings is 1. The number of pyridine rings is 1. The van der Waals surface area contributed by atoms with Crippen LogP contribution in [0.25, 0.3) is 11.1 Å². The smallest absolute Gasteiger partial charge is 0.259 e. The van der Waals surface area contributed by atoms with Crippen LogP contribution in [0.4, 0.5) is 17.2 Å². The molecule has 5 rings (SSSR count). The molecule has 1 aliphatic carbocycles. The van der Waals surface area contributed by atoms with E-state index in [-0.39, 0.29) is 5.91 Å². The number of amides is 1. The Bertz CT molecular complexity index is 1120. The molecule has 0 bridgehead atoms. The number of hydrogen-bond donors (Lipinski definition) is 2. The van der Waals surface area contributed by atoms with E-state index < -0.39 is 0 Å². The van der Waals surface area contributed by atoms with E-state index in [1.54, 1.807) is 13.1 Å². The van der Waals surface area contributed by atoms with Crippen LogP contribution in [0.5, 0.6) is 0 Å². The molecule has 8 nitrogen and oxygen atoms in total. The molecule has 8 heteroatoms. The Morgan fingerprint density at radius 3 is 2.33 bits per heavy atom. The quantitative estimate of drug-likeness (QED) is 0.604. The lowest BCUT2D eigenvalue weighted by molar-refractivity contribution is 0.102. The third-order valence-corrected chi connectivity index (χ3v) is 6.16. The van der Waals surface area contributed by atoms with Gasteiger partial charge in [0.15, 0.2) is 0 Å². The molecule has 3 heterocycles. The van der Waals surface area contributed by atoms with Crippen molar-refractivity contribution in [2.24, 2.45) is 0 Å². The number of aryl methyl sites for hydroxylation is 1. The number of likely N-dealkylation sites (N-methyl/N-ethyl adjacent to an activating group) is 1. The highest BCUT2D eigenvalue weighted by Gasteiger charge is 2.24. The van der Waals surface area contributed by atoms with E-state index in [9.17, 15) is 4.79 Å². The molecule has 2 fully saturated rings. The fourth-order valence-electron chi connectivity index (χ4n) is 3.93. The molecule has 1 amide bonds. The topological polar surface area (TPSA) is 86.3 Å². The lowest BCUT2D eigenvalue weighted by atomic mass is 10.0. The first kappa shape index (κ1) is 21.3. The number of hydrogen-bond acceptors (Lipinski definition) is 7. The van der Waals surface area contributed by atoms with Crippen LogP contribution >= 0.6 is 0 Å². The molecule has 1 aliphatic heterocycles. The van der Waals surface area contributed by atoms with Gasteiger partial charge in [0.2, 0.25) is 0 Å². The molecular weight excluding hydrogens is 414 g/mol. The first-order chi connectivity index (χ1) is 16.0. The monoisotopic (exact) mass is 443 g/mol. The highest BCUT2D eigenvalue weighted by atomic mass is 16.1. The van der Waals surface area contributed by atoms with Gasteiger partial charge < -0.3 is 20.4 Å². The molecule has 33 heavy (non-hydrogen) atoms. The number of rotatable bonds is 6. The summed E-state index contributed by atoms with van der Waals surface area (Å²) >= 11 is 0. The average molecular weight is 444 g/mol. The molecule has 170 valence electrons. The van der Waals surface area contributed by atoms with Crippen LogP contribution in [-0.2, 0) is 0 Å². The van der Waals surface area contributed by atoms with Crippen LogP contribution in [0.1, 0.15) is 29.0 Å². The number of benzene rings is 1. The van der Waals surface area contributed by atoms with Gasteiger partial charge in [0.1, 0.15) is 11.6 Å². The van der Waals surface area contributed by atoms with E-state index in [0.717, 1.165) is 37.3 Å². The number of nitrogens with zero attached hydrogens (tertiary/aromatic N) is 5. The Morgan fingerprint density at radius 1 is 0.939 bits per heavy atom. The summed E-state index contributed by atoms with van der Waals surface area (Å²) in [6.07, 6.45) is 7.33. The zero-order valence-electron chi connectivity index (χ0n) is 19.1. The van der Waals surface area contributed by atoms with Crippen molar-refractivity contribution in [3.8, 4) is 11.1 Å². The average Bonchev–Trinajstić information content (AvgIpc) is 3.65. The maximum Gasteiger partial charge on any atom is 0.259 e. The molecule has 2 aliphatic rings.